The number of aromatic nitrogens is 1. The second-order valence-electron chi connectivity index (χ2n) is 6.14. The van der Waals surface area contributed by atoms with E-state index >= 15 is 0 Å². The number of carbonyl (C=O) groups is 2. The normalized spacial score (nSPS) is 11.5. The molecule has 0 spiro atoms. The molecule has 0 atom stereocenters. The van der Waals surface area contributed by atoms with E-state index in [0.29, 0.717) is 5.52 Å². The molecule has 0 fully saturated rings. The van der Waals surface area contributed by atoms with Crippen LogP contribution >= 0.6 is 11.3 Å². The minimum absolute atomic E-state index is 0.156. The van der Waals surface area contributed by atoms with Crippen molar-refractivity contribution in [3.05, 3.63) is 72.6 Å². The van der Waals surface area contributed by atoms with Gasteiger partial charge < -0.3 is 9.30 Å². The van der Waals surface area contributed by atoms with Crippen molar-refractivity contribution in [1.29, 1.82) is 0 Å². The van der Waals surface area contributed by atoms with E-state index in [0.717, 1.165) is 39.8 Å². The molecule has 3 rings (SSSR count). The van der Waals surface area contributed by atoms with Gasteiger partial charge in [0.15, 0.2) is 4.80 Å². The first-order chi connectivity index (χ1) is 14.2. The zero-order valence-electron chi connectivity index (χ0n) is 15.7. The van der Waals surface area contributed by atoms with Crippen LogP contribution in [-0.2, 0) is 16.1 Å². The summed E-state index contributed by atoms with van der Waals surface area (Å²) in [6.07, 6.45) is 0. The molecule has 1 heterocycles. The molecule has 0 bridgehead atoms. The summed E-state index contributed by atoms with van der Waals surface area (Å²) < 4.78 is 6.97. The van der Waals surface area contributed by atoms with Gasteiger partial charge in [-0.05, 0) is 18.6 Å². The molecule has 0 N–H and O–H groups in total. The van der Waals surface area contributed by atoms with Crippen LogP contribution in [0.4, 0.5) is 11.4 Å². The first kappa shape index (κ1) is 20.8. The quantitative estimate of drug-likeness (QED) is 0.343. The molecule has 0 aliphatic rings. The van der Waals surface area contributed by atoms with Crippen LogP contribution in [0, 0.1) is 27.2 Å². The van der Waals surface area contributed by atoms with Gasteiger partial charge in [0.25, 0.3) is 17.3 Å². The lowest BCUT2D eigenvalue weighted by Gasteiger charge is -2.05. The van der Waals surface area contributed by atoms with Gasteiger partial charge in [-0.25, -0.2) is 0 Å². The van der Waals surface area contributed by atoms with Crippen molar-refractivity contribution in [2.75, 3.05) is 7.11 Å². The van der Waals surface area contributed by atoms with E-state index in [4.69, 9.17) is 4.74 Å². The highest BCUT2D eigenvalue weighted by molar-refractivity contribution is 7.16. The molecular weight excluding hydrogens is 416 g/mol. The molecule has 1 amide bonds. The number of benzene rings is 2. The van der Waals surface area contributed by atoms with Crippen molar-refractivity contribution in [1.82, 2.24) is 4.57 Å². The topological polar surface area (TPSA) is 147 Å². The number of fused-ring (bicyclic) bond motifs is 1. The van der Waals surface area contributed by atoms with Crippen molar-refractivity contribution in [3.8, 4) is 0 Å². The number of carbonyl (C=O) groups excluding carboxylic acids is 2. The molecule has 0 radical (unpaired) electrons. The molecule has 0 saturated carbocycles. The standard InChI is InChI=1S/C18H14N4O7S/c1-10-4-3-5-14-16(10)20(9-15(23)29-2)18(30-14)19-17(24)11-6-12(21(25)26)8-13(7-11)22(27)28/h3-8H,9H2,1-2H3. The van der Waals surface area contributed by atoms with E-state index in [9.17, 15) is 29.8 Å². The molecule has 2 aromatic carbocycles. The molecule has 3 aromatic rings. The number of amides is 1. The number of nitrogens with zero attached hydrogens (tertiary/aromatic N) is 4. The third-order valence-electron chi connectivity index (χ3n) is 4.19. The van der Waals surface area contributed by atoms with Crippen molar-refractivity contribution < 1.29 is 24.2 Å². The number of nitro benzene ring substituents is 2. The summed E-state index contributed by atoms with van der Waals surface area (Å²) in [6, 6.07) is 8.04. The maximum absolute atomic E-state index is 12.7. The zero-order valence-corrected chi connectivity index (χ0v) is 16.5. The molecule has 11 nitrogen and oxygen atoms in total. The number of hydrogen-bond acceptors (Lipinski definition) is 8. The van der Waals surface area contributed by atoms with E-state index in [1.54, 1.807) is 6.07 Å². The SMILES string of the molecule is COC(=O)Cn1c(=NC(=O)c2cc([N+](=O)[O-])cc([N+](=O)[O-])c2)sc2cccc(C)c21. The van der Waals surface area contributed by atoms with Crippen LogP contribution in [0.2, 0.25) is 0 Å². The monoisotopic (exact) mass is 430 g/mol. The summed E-state index contributed by atoms with van der Waals surface area (Å²) in [6.45, 7) is 1.63. The second-order valence-corrected chi connectivity index (χ2v) is 7.15. The Labute approximate surface area is 172 Å². The number of hydrogen-bond donors (Lipinski definition) is 0. The van der Waals surface area contributed by atoms with Gasteiger partial charge in [-0.2, -0.15) is 4.99 Å². The van der Waals surface area contributed by atoms with Gasteiger partial charge in [-0.15, -0.1) is 0 Å². The van der Waals surface area contributed by atoms with E-state index in [1.165, 1.54) is 11.7 Å². The van der Waals surface area contributed by atoms with Gasteiger partial charge in [0.1, 0.15) is 6.54 Å². The number of aryl methyl sites for hydroxylation is 1. The first-order valence-electron chi connectivity index (χ1n) is 8.40. The number of methoxy groups -OCH3 is 1. The highest BCUT2D eigenvalue weighted by atomic mass is 32.1. The maximum Gasteiger partial charge on any atom is 0.325 e. The van der Waals surface area contributed by atoms with Gasteiger partial charge in [0.2, 0.25) is 0 Å². The average Bonchev–Trinajstić information content (AvgIpc) is 3.05. The second kappa shape index (κ2) is 8.21. The van der Waals surface area contributed by atoms with E-state index in [1.807, 2.05) is 19.1 Å². The smallest absolute Gasteiger partial charge is 0.325 e. The average molecular weight is 430 g/mol. The van der Waals surface area contributed by atoms with Crippen molar-refractivity contribution in [2.45, 2.75) is 13.5 Å². The predicted octanol–water partition coefficient (Wildman–Crippen LogP) is 2.74. The molecular formula is C18H14N4O7S. The number of ether oxygens (including phenoxy) is 1. The summed E-state index contributed by atoms with van der Waals surface area (Å²) >= 11 is 1.13. The Morgan fingerprint density at radius 2 is 1.77 bits per heavy atom. The van der Waals surface area contributed by atoms with Gasteiger partial charge in [-0.1, -0.05) is 23.5 Å². The molecule has 0 saturated heterocycles. The van der Waals surface area contributed by atoms with Gasteiger partial charge in [-0.3, -0.25) is 29.8 Å². The lowest BCUT2D eigenvalue weighted by Crippen LogP contribution is -2.22. The molecule has 30 heavy (non-hydrogen) atoms. The summed E-state index contributed by atoms with van der Waals surface area (Å²) in [7, 11) is 1.23. The summed E-state index contributed by atoms with van der Waals surface area (Å²) in [5.41, 5.74) is 0.0152. The lowest BCUT2D eigenvalue weighted by atomic mass is 10.1. The largest absolute Gasteiger partial charge is 0.468 e. The Kier molecular flexibility index (Phi) is 5.69. The van der Waals surface area contributed by atoms with E-state index in [-0.39, 0.29) is 16.9 Å². The molecule has 0 aliphatic heterocycles. The van der Waals surface area contributed by atoms with E-state index < -0.39 is 33.1 Å². The fourth-order valence-corrected chi connectivity index (χ4v) is 3.92. The third kappa shape index (κ3) is 4.07. The Morgan fingerprint density at radius 1 is 1.13 bits per heavy atom. The molecule has 0 unspecified atom stereocenters. The van der Waals surface area contributed by atoms with E-state index in [2.05, 4.69) is 4.99 Å². The Balaban J connectivity index is 2.20. The predicted molar refractivity (Wildman–Crippen MR) is 106 cm³/mol. The highest BCUT2D eigenvalue weighted by Gasteiger charge is 2.20. The summed E-state index contributed by atoms with van der Waals surface area (Å²) in [5.74, 6) is -1.47. The lowest BCUT2D eigenvalue weighted by molar-refractivity contribution is -0.394. The molecule has 1 aromatic heterocycles. The van der Waals surface area contributed by atoms with Crippen LogP contribution in [0.1, 0.15) is 15.9 Å². The highest BCUT2D eigenvalue weighted by Crippen LogP contribution is 2.24. The number of rotatable bonds is 5. The van der Waals surface area contributed by atoms with Crippen molar-refractivity contribution >= 4 is 44.8 Å². The van der Waals surface area contributed by atoms with Crippen molar-refractivity contribution in [3.63, 3.8) is 0 Å². The Bertz CT molecular complexity index is 1240. The number of thiazole rings is 1. The minimum Gasteiger partial charge on any atom is -0.468 e. The Hall–Kier alpha value is -3.93. The van der Waals surface area contributed by atoms with Crippen LogP contribution in [0.5, 0.6) is 0 Å². The first-order valence-corrected chi connectivity index (χ1v) is 9.21. The minimum atomic E-state index is -0.912. The number of para-hydroxylation sites is 1. The van der Waals surface area contributed by atoms with Crippen LogP contribution in [-0.4, -0.2) is 33.4 Å². The number of esters is 1. The number of non-ortho nitro benzene ring substituents is 2. The van der Waals surface area contributed by atoms with Crippen LogP contribution in [0.25, 0.3) is 10.2 Å². The van der Waals surface area contributed by atoms with Crippen molar-refractivity contribution in [2.24, 2.45) is 4.99 Å². The molecule has 12 heteroatoms. The van der Waals surface area contributed by atoms with Gasteiger partial charge in [0.05, 0.1) is 38.8 Å². The zero-order chi connectivity index (χ0) is 22.0. The third-order valence-corrected chi connectivity index (χ3v) is 5.23. The van der Waals surface area contributed by atoms with Gasteiger partial charge >= 0.3 is 5.97 Å². The fraction of sp³-hybridized carbons (Fsp3) is 0.167. The maximum atomic E-state index is 12.7. The molecule has 0 aliphatic carbocycles. The van der Waals surface area contributed by atoms with Crippen LogP contribution < -0.4 is 4.80 Å². The van der Waals surface area contributed by atoms with Gasteiger partial charge in [0, 0.05) is 12.1 Å². The van der Waals surface area contributed by atoms with Crippen LogP contribution in [0.3, 0.4) is 0 Å². The molecule has 154 valence electrons. The summed E-state index contributed by atoms with van der Waals surface area (Å²) in [4.78, 5) is 49.2. The Morgan fingerprint density at radius 3 is 2.33 bits per heavy atom. The van der Waals surface area contributed by atoms with Crippen LogP contribution in [0.15, 0.2) is 41.4 Å². The number of nitro groups is 2. The summed E-state index contributed by atoms with van der Waals surface area (Å²) in [5, 5.41) is 22.1. The fourth-order valence-electron chi connectivity index (χ4n) is 2.81.